The molecule has 3 heteroatoms. The van der Waals surface area contributed by atoms with Crippen LogP contribution in [-0.4, -0.2) is 10.2 Å². The standard InChI is InChI=1S/C8H10ClNS/c1-6(2)11-8-4-3-7(9)5-10-8/h3-6H,1-2H3. The number of thioether (sulfide) groups is 1. The van der Waals surface area contributed by atoms with Crippen molar-refractivity contribution in [2.24, 2.45) is 0 Å². The highest BCUT2D eigenvalue weighted by atomic mass is 35.5. The molecule has 0 amide bonds. The van der Waals surface area contributed by atoms with Crippen molar-refractivity contribution in [3.8, 4) is 0 Å². The Bertz CT molecular complexity index is 220. The van der Waals surface area contributed by atoms with Gasteiger partial charge < -0.3 is 0 Å². The van der Waals surface area contributed by atoms with E-state index in [1.165, 1.54) is 0 Å². The van der Waals surface area contributed by atoms with Gasteiger partial charge in [0.2, 0.25) is 0 Å². The number of hydrogen-bond acceptors (Lipinski definition) is 2. The van der Waals surface area contributed by atoms with E-state index in [1.807, 2.05) is 12.1 Å². The van der Waals surface area contributed by atoms with Gasteiger partial charge in [0.1, 0.15) is 0 Å². The highest BCUT2D eigenvalue weighted by Gasteiger charge is 1.98. The maximum absolute atomic E-state index is 5.68. The highest BCUT2D eigenvalue weighted by Crippen LogP contribution is 2.21. The third-order valence-corrected chi connectivity index (χ3v) is 2.23. The van der Waals surface area contributed by atoms with Gasteiger partial charge >= 0.3 is 0 Å². The summed E-state index contributed by atoms with van der Waals surface area (Å²) in [4.78, 5) is 4.15. The molecule has 11 heavy (non-hydrogen) atoms. The average Bonchev–Trinajstić information content (AvgIpc) is 1.93. The predicted octanol–water partition coefficient (Wildman–Crippen LogP) is 3.24. The summed E-state index contributed by atoms with van der Waals surface area (Å²) in [7, 11) is 0. The molecule has 0 spiro atoms. The van der Waals surface area contributed by atoms with Crippen LogP contribution in [0.5, 0.6) is 0 Å². The first kappa shape index (κ1) is 8.88. The van der Waals surface area contributed by atoms with E-state index in [0.29, 0.717) is 10.3 Å². The van der Waals surface area contributed by atoms with E-state index in [1.54, 1.807) is 18.0 Å². The molecule has 0 aliphatic heterocycles. The quantitative estimate of drug-likeness (QED) is 0.660. The fourth-order valence-electron chi connectivity index (χ4n) is 0.673. The summed E-state index contributed by atoms with van der Waals surface area (Å²) in [6.45, 7) is 4.28. The third-order valence-electron chi connectivity index (χ3n) is 1.06. The second-order valence-electron chi connectivity index (χ2n) is 2.48. The predicted molar refractivity (Wildman–Crippen MR) is 50.2 cm³/mol. The Morgan fingerprint density at radius 1 is 1.45 bits per heavy atom. The van der Waals surface area contributed by atoms with Crippen molar-refractivity contribution in [1.29, 1.82) is 0 Å². The SMILES string of the molecule is CC(C)Sc1ccc(Cl)cn1. The van der Waals surface area contributed by atoms with E-state index >= 15 is 0 Å². The van der Waals surface area contributed by atoms with Crippen molar-refractivity contribution in [3.63, 3.8) is 0 Å². The van der Waals surface area contributed by atoms with Crippen LogP contribution in [0.1, 0.15) is 13.8 Å². The number of pyridine rings is 1. The Balaban J connectivity index is 2.66. The molecule has 0 saturated carbocycles. The van der Waals surface area contributed by atoms with Gasteiger partial charge in [-0.1, -0.05) is 25.4 Å². The zero-order valence-corrected chi connectivity index (χ0v) is 8.12. The molecule has 1 rings (SSSR count). The van der Waals surface area contributed by atoms with E-state index in [2.05, 4.69) is 18.8 Å². The molecule has 0 fully saturated rings. The summed E-state index contributed by atoms with van der Waals surface area (Å²) in [5, 5.41) is 2.30. The molecular weight excluding hydrogens is 178 g/mol. The van der Waals surface area contributed by atoms with Crippen molar-refractivity contribution < 1.29 is 0 Å². The largest absolute Gasteiger partial charge is 0.248 e. The van der Waals surface area contributed by atoms with E-state index in [4.69, 9.17) is 11.6 Å². The van der Waals surface area contributed by atoms with Gasteiger partial charge in [-0.05, 0) is 12.1 Å². The van der Waals surface area contributed by atoms with Gasteiger partial charge in [-0.25, -0.2) is 4.98 Å². The third kappa shape index (κ3) is 3.12. The van der Waals surface area contributed by atoms with Crippen LogP contribution in [0.4, 0.5) is 0 Å². The molecular formula is C8H10ClNS. The molecule has 0 atom stereocenters. The van der Waals surface area contributed by atoms with Gasteiger partial charge in [0.05, 0.1) is 10.0 Å². The van der Waals surface area contributed by atoms with Crippen LogP contribution in [-0.2, 0) is 0 Å². The summed E-state index contributed by atoms with van der Waals surface area (Å²) in [5.74, 6) is 0. The molecule has 0 bridgehead atoms. The lowest BCUT2D eigenvalue weighted by atomic mass is 10.5. The average molecular weight is 188 g/mol. The minimum Gasteiger partial charge on any atom is -0.248 e. The Kier molecular flexibility index (Phi) is 3.21. The van der Waals surface area contributed by atoms with Gasteiger partial charge in [-0.2, -0.15) is 0 Å². The summed E-state index contributed by atoms with van der Waals surface area (Å²) in [6.07, 6.45) is 1.67. The second-order valence-corrected chi connectivity index (χ2v) is 4.51. The number of halogens is 1. The zero-order chi connectivity index (χ0) is 8.27. The van der Waals surface area contributed by atoms with Gasteiger partial charge in [0.25, 0.3) is 0 Å². The van der Waals surface area contributed by atoms with Gasteiger partial charge in [0.15, 0.2) is 0 Å². The number of rotatable bonds is 2. The first-order chi connectivity index (χ1) is 5.18. The topological polar surface area (TPSA) is 12.9 Å². The van der Waals surface area contributed by atoms with E-state index in [-0.39, 0.29) is 0 Å². The molecule has 0 N–H and O–H groups in total. The molecule has 60 valence electrons. The minimum atomic E-state index is 0.573. The first-order valence-electron chi connectivity index (χ1n) is 3.46. The molecule has 0 radical (unpaired) electrons. The van der Waals surface area contributed by atoms with Crippen LogP contribution in [0.25, 0.3) is 0 Å². The van der Waals surface area contributed by atoms with Crippen molar-refractivity contribution in [2.75, 3.05) is 0 Å². The van der Waals surface area contributed by atoms with Crippen LogP contribution in [0, 0.1) is 0 Å². The van der Waals surface area contributed by atoms with Crippen LogP contribution < -0.4 is 0 Å². The molecule has 1 aromatic rings. The normalized spacial score (nSPS) is 10.5. The highest BCUT2D eigenvalue weighted by molar-refractivity contribution is 7.99. The molecule has 1 aromatic heterocycles. The fourth-order valence-corrected chi connectivity index (χ4v) is 1.53. The lowest BCUT2D eigenvalue weighted by Gasteiger charge is -2.02. The molecule has 0 aliphatic carbocycles. The van der Waals surface area contributed by atoms with Crippen LogP contribution in [0.3, 0.4) is 0 Å². The smallest absolute Gasteiger partial charge is 0.0963 e. The number of hydrogen-bond donors (Lipinski definition) is 0. The number of nitrogens with zero attached hydrogens (tertiary/aromatic N) is 1. The van der Waals surface area contributed by atoms with E-state index in [0.717, 1.165) is 5.03 Å². The summed E-state index contributed by atoms with van der Waals surface area (Å²) < 4.78 is 0. The van der Waals surface area contributed by atoms with Crippen LogP contribution in [0.2, 0.25) is 5.02 Å². The minimum absolute atomic E-state index is 0.573. The zero-order valence-electron chi connectivity index (χ0n) is 6.54. The monoisotopic (exact) mass is 187 g/mol. The Labute approximate surface area is 76.2 Å². The fraction of sp³-hybridized carbons (Fsp3) is 0.375. The maximum atomic E-state index is 5.68. The lowest BCUT2D eigenvalue weighted by Crippen LogP contribution is -1.87. The van der Waals surface area contributed by atoms with Crippen LogP contribution >= 0.6 is 23.4 Å². The molecule has 0 unspecified atom stereocenters. The van der Waals surface area contributed by atoms with Gasteiger partial charge in [0, 0.05) is 11.4 Å². The molecule has 0 aromatic carbocycles. The first-order valence-corrected chi connectivity index (χ1v) is 4.72. The van der Waals surface area contributed by atoms with Gasteiger partial charge in [-0.15, -0.1) is 11.8 Å². The lowest BCUT2D eigenvalue weighted by molar-refractivity contribution is 1.07. The van der Waals surface area contributed by atoms with E-state index < -0.39 is 0 Å². The summed E-state index contributed by atoms with van der Waals surface area (Å²) >= 11 is 7.41. The number of aromatic nitrogens is 1. The Morgan fingerprint density at radius 2 is 2.18 bits per heavy atom. The summed E-state index contributed by atoms with van der Waals surface area (Å²) in [5.41, 5.74) is 0. The molecule has 0 aliphatic rings. The Morgan fingerprint density at radius 3 is 2.64 bits per heavy atom. The second kappa shape index (κ2) is 3.98. The summed E-state index contributed by atoms with van der Waals surface area (Å²) in [6, 6.07) is 3.80. The molecule has 1 heterocycles. The van der Waals surface area contributed by atoms with E-state index in [9.17, 15) is 0 Å². The molecule has 0 saturated heterocycles. The van der Waals surface area contributed by atoms with Crippen molar-refractivity contribution in [1.82, 2.24) is 4.98 Å². The molecule has 1 nitrogen and oxygen atoms in total. The maximum Gasteiger partial charge on any atom is 0.0963 e. The van der Waals surface area contributed by atoms with Crippen LogP contribution in [0.15, 0.2) is 23.4 Å². The van der Waals surface area contributed by atoms with Gasteiger partial charge in [-0.3, -0.25) is 0 Å². The Hall–Kier alpha value is -0.210. The van der Waals surface area contributed by atoms with Crippen molar-refractivity contribution in [3.05, 3.63) is 23.4 Å². The van der Waals surface area contributed by atoms with Crippen molar-refractivity contribution >= 4 is 23.4 Å². The van der Waals surface area contributed by atoms with Crippen molar-refractivity contribution in [2.45, 2.75) is 24.1 Å².